The predicted molar refractivity (Wildman–Crippen MR) is 119 cm³/mol. The molecule has 2 amide bonds. The van der Waals surface area contributed by atoms with Crippen LogP contribution in [-0.2, 0) is 16.1 Å². The summed E-state index contributed by atoms with van der Waals surface area (Å²) in [6, 6.07) is 10.6. The molecule has 2 aromatic rings. The van der Waals surface area contributed by atoms with Crippen LogP contribution >= 0.6 is 11.6 Å². The van der Waals surface area contributed by atoms with E-state index in [1.165, 1.54) is 14.2 Å². The van der Waals surface area contributed by atoms with Crippen molar-refractivity contribution < 1.29 is 23.8 Å². The van der Waals surface area contributed by atoms with Crippen molar-refractivity contribution in [2.24, 2.45) is 0 Å². The largest absolute Gasteiger partial charge is 0.493 e. The molecule has 0 bridgehead atoms. The van der Waals surface area contributed by atoms with Crippen LogP contribution in [0.25, 0.3) is 0 Å². The molecule has 2 aromatic carbocycles. The summed E-state index contributed by atoms with van der Waals surface area (Å²) >= 11 is 5.93. The molecule has 0 aromatic heterocycles. The summed E-state index contributed by atoms with van der Waals surface area (Å²) in [6.07, 6.45) is -0.00297. The fraction of sp³-hybridized carbons (Fsp3) is 0.391. The predicted octanol–water partition coefficient (Wildman–Crippen LogP) is 4.51. The summed E-state index contributed by atoms with van der Waals surface area (Å²) in [5, 5.41) is 3.64. The molecule has 8 heteroatoms. The normalized spacial score (nSPS) is 17.5. The van der Waals surface area contributed by atoms with E-state index in [1.54, 1.807) is 36.1 Å². The minimum Gasteiger partial charge on any atom is -0.493 e. The molecule has 1 heterocycles. The topological polar surface area (TPSA) is 77.1 Å². The minimum absolute atomic E-state index is 0.126. The molecule has 0 saturated heterocycles. The SMILES string of the molecule is CCOC(=O)N1c2cc(OC)c(OC)cc2C(C(=O)NCc2ccc(Cl)cc2)CC1C. The lowest BCUT2D eigenvalue weighted by Crippen LogP contribution is -2.46. The number of benzene rings is 2. The van der Waals surface area contributed by atoms with Crippen LogP contribution in [0.15, 0.2) is 36.4 Å². The lowest BCUT2D eigenvalue weighted by atomic mass is 9.85. The van der Waals surface area contributed by atoms with E-state index in [4.69, 9.17) is 25.8 Å². The number of carbonyl (C=O) groups excluding carboxylic acids is 2. The van der Waals surface area contributed by atoms with Crippen LogP contribution in [0, 0.1) is 0 Å². The molecule has 2 unspecified atom stereocenters. The Balaban J connectivity index is 1.94. The third-order valence-electron chi connectivity index (χ3n) is 5.35. The van der Waals surface area contributed by atoms with E-state index in [-0.39, 0.29) is 18.6 Å². The molecule has 1 aliphatic rings. The molecular weight excluding hydrogens is 420 g/mol. The van der Waals surface area contributed by atoms with E-state index >= 15 is 0 Å². The highest BCUT2D eigenvalue weighted by Gasteiger charge is 2.38. The van der Waals surface area contributed by atoms with E-state index in [2.05, 4.69) is 5.32 Å². The Labute approximate surface area is 187 Å². The third kappa shape index (κ3) is 4.88. The van der Waals surface area contributed by atoms with Crippen molar-refractivity contribution in [2.45, 2.75) is 38.8 Å². The van der Waals surface area contributed by atoms with Crippen molar-refractivity contribution in [3.8, 4) is 11.5 Å². The molecule has 0 fully saturated rings. The number of anilines is 1. The van der Waals surface area contributed by atoms with Gasteiger partial charge < -0.3 is 19.5 Å². The number of methoxy groups -OCH3 is 2. The zero-order chi connectivity index (χ0) is 22.5. The van der Waals surface area contributed by atoms with Crippen molar-refractivity contribution >= 4 is 29.3 Å². The standard InChI is InChI=1S/C23H27ClN2O5/c1-5-31-23(28)26-14(2)10-18(17-11-20(29-3)21(30-4)12-19(17)26)22(27)25-13-15-6-8-16(24)9-7-15/h6-9,11-12,14,18H,5,10,13H2,1-4H3,(H,25,27). The van der Waals surface area contributed by atoms with Gasteiger partial charge in [-0.15, -0.1) is 0 Å². The first kappa shape index (κ1) is 22.7. The average molecular weight is 447 g/mol. The number of ether oxygens (including phenoxy) is 3. The van der Waals surface area contributed by atoms with E-state index in [0.717, 1.165) is 5.56 Å². The third-order valence-corrected chi connectivity index (χ3v) is 5.60. The zero-order valence-corrected chi connectivity index (χ0v) is 18.9. The van der Waals surface area contributed by atoms with Gasteiger partial charge in [0, 0.05) is 23.7 Å². The molecular formula is C23H27ClN2O5. The lowest BCUT2D eigenvalue weighted by molar-refractivity contribution is -0.123. The quantitative estimate of drug-likeness (QED) is 0.706. The van der Waals surface area contributed by atoms with Gasteiger partial charge in [-0.05, 0) is 49.6 Å². The van der Waals surface area contributed by atoms with Crippen LogP contribution < -0.4 is 19.7 Å². The number of carbonyl (C=O) groups is 2. The highest BCUT2D eigenvalue weighted by molar-refractivity contribution is 6.30. The number of rotatable bonds is 6. The van der Waals surface area contributed by atoms with Crippen LogP contribution in [-0.4, -0.2) is 38.9 Å². The van der Waals surface area contributed by atoms with Crippen LogP contribution in [0.4, 0.5) is 10.5 Å². The van der Waals surface area contributed by atoms with Crippen LogP contribution in [0.3, 0.4) is 0 Å². The van der Waals surface area contributed by atoms with Gasteiger partial charge in [-0.1, -0.05) is 23.7 Å². The number of nitrogens with one attached hydrogen (secondary N) is 1. The van der Waals surface area contributed by atoms with Gasteiger partial charge in [0.25, 0.3) is 0 Å². The number of hydrogen-bond acceptors (Lipinski definition) is 5. The summed E-state index contributed by atoms with van der Waals surface area (Å²) in [5.41, 5.74) is 2.22. The molecule has 31 heavy (non-hydrogen) atoms. The molecule has 0 aliphatic carbocycles. The number of halogens is 1. The van der Waals surface area contributed by atoms with E-state index < -0.39 is 12.0 Å². The lowest BCUT2D eigenvalue weighted by Gasteiger charge is -2.38. The number of amides is 2. The van der Waals surface area contributed by atoms with Crippen LogP contribution in [0.5, 0.6) is 11.5 Å². The van der Waals surface area contributed by atoms with Gasteiger partial charge in [0.05, 0.1) is 32.4 Å². The van der Waals surface area contributed by atoms with Crippen molar-refractivity contribution in [2.75, 3.05) is 25.7 Å². The molecule has 3 rings (SSSR count). The first-order valence-electron chi connectivity index (χ1n) is 10.1. The van der Waals surface area contributed by atoms with Gasteiger partial charge in [-0.2, -0.15) is 0 Å². The number of nitrogens with zero attached hydrogens (tertiary/aromatic N) is 1. The maximum atomic E-state index is 13.2. The van der Waals surface area contributed by atoms with Gasteiger partial charge >= 0.3 is 6.09 Å². The van der Waals surface area contributed by atoms with Gasteiger partial charge in [-0.3, -0.25) is 9.69 Å². The zero-order valence-electron chi connectivity index (χ0n) is 18.1. The summed E-state index contributed by atoms with van der Waals surface area (Å²) in [4.78, 5) is 27.4. The Morgan fingerprint density at radius 2 is 1.77 bits per heavy atom. The summed E-state index contributed by atoms with van der Waals surface area (Å²) in [5.74, 6) is 0.390. The van der Waals surface area contributed by atoms with Gasteiger partial charge in [0.1, 0.15) is 0 Å². The van der Waals surface area contributed by atoms with Gasteiger partial charge in [-0.25, -0.2) is 4.79 Å². The molecule has 7 nitrogen and oxygen atoms in total. The second-order valence-corrected chi connectivity index (χ2v) is 7.75. The van der Waals surface area contributed by atoms with Crippen molar-refractivity contribution in [3.05, 3.63) is 52.5 Å². The molecule has 1 aliphatic heterocycles. The maximum absolute atomic E-state index is 13.2. The Morgan fingerprint density at radius 1 is 1.13 bits per heavy atom. The van der Waals surface area contributed by atoms with E-state index in [9.17, 15) is 9.59 Å². The Hall–Kier alpha value is -2.93. The first-order valence-corrected chi connectivity index (χ1v) is 10.5. The summed E-state index contributed by atoms with van der Waals surface area (Å²) < 4.78 is 16.1. The average Bonchev–Trinajstić information content (AvgIpc) is 2.77. The van der Waals surface area contributed by atoms with Crippen molar-refractivity contribution in [1.29, 1.82) is 0 Å². The molecule has 0 spiro atoms. The summed E-state index contributed by atoms with van der Waals surface area (Å²) in [7, 11) is 3.07. The summed E-state index contributed by atoms with van der Waals surface area (Å²) in [6.45, 7) is 4.30. The van der Waals surface area contributed by atoms with Crippen molar-refractivity contribution in [1.82, 2.24) is 5.32 Å². The van der Waals surface area contributed by atoms with Crippen LogP contribution in [0.2, 0.25) is 5.02 Å². The monoisotopic (exact) mass is 446 g/mol. The highest BCUT2D eigenvalue weighted by atomic mass is 35.5. The smallest absolute Gasteiger partial charge is 0.414 e. The first-order chi connectivity index (χ1) is 14.9. The maximum Gasteiger partial charge on any atom is 0.414 e. The number of fused-ring (bicyclic) bond motifs is 1. The highest BCUT2D eigenvalue weighted by Crippen LogP contribution is 2.44. The van der Waals surface area contributed by atoms with Gasteiger partial charge in [0.2, 0.25) is 5.91 Å². The second-order valence-electron chi connectivity index (χ2n) is 7.32. The van der Waals surface area contributed by atoms with E-state index in [0.29, 0.717) is 40.7 Å². The van der Waals surface area contributed by atoms with E-state index in [1.807, 2.05) is 19.1 Å². The van der Waals surface area contributed by atoms with Crippen LogP contribution in [0.1, 0.15) is 37.3 Å². The Kier molecular flexibility index (Phi) is 7.28. The van der Waals surface area contributed by atoms with Gasteiger partial charge in [0.15, 0.2) is 11.5 Å². The Morgan fingerprint density at radius 3 is 2.39 bits per heavy atom. The molecule has 0 saturated carbocycles. The molecule has 1 N–H and O–H groups in total. The number of hydrogen-bond donors (Lipinski definition) is 1. The molecule has 0 radical (unpaired) electrons. The molecule has 2 atom stereocenters. The fourth-order valence-electron chi connectivity index (χ4n) is 3.82. The fourth-order valence-corrected chi connectivity index (χ4v) is 3.94. The molecule has 166 valence electrons. The Bertz CT molecular complexity index is 948. The van der Waals surface area contributed by atoms with Crippen molar-refractivity contribution in [3.63, 3.8) is 0 Å². The second kappa shape index (κ2) is 9.92. The minimum atomic E-state index is -0.456.